The molecule has 156 valence electrons. The van der Waals surface area contributed by atoms with Crippen LogP contribution >= 0.6 is 0 Å². The van der Waals surface area contributed by atoms with Crippen molar-refractivity contribution in [3.63, 3.8) is 0 Å². The van der Waals surface area contributed by atoms with Gasteiger partial charge < -0.3 is 16.0 Å². The molecule has 2 aromatic rings. The number of carbonyl (C=O) groups is 2. The first-order chi connectivity index (χ1) is 14.6. The van der Waals surface area contributed by atoms with Crippen LogP contribution in [-0.4, -0.2) is 36.7 Å². The summed E-state index contributed by atoms with van der Waals surface area (Å²) in [7, 11) is 0. The first-order valence-corrected chi connectivity index (χ1v) is 10.5. The summed E-state index contributed by atoms with van der Waals surface area (Å²) in [4.78, 5) is 27.2. The van der Waals surface area contributed by atoms with E-state index >= 15 is 0 Å². The molecule has 0 radical (unpaired) electrons. The van der Waals surface area contributed by atoms with Gasteiger partial charge in [-0.15, -0.1) is 0 Å². The Labute approximate surface area is 176 Å². The summed E-state index contributed by atoms with van der Waals surface area (Å²) in [6.07, 6.45) is 5.10. The molecule has 0 unspecified atom stereocenters. The van der Waals surface area contributed by atoms with Crippen LogP contribution in [0.4, 0.5) is 17.1 Å². The summed E-state index contributed by atoms with van der Waals surface area (Å²) < 4.78 is 0. The van der Waals surface area contributed by atoms with Gasteiger partial charge in [0.1, 0.15) is 11.8 Å². The molecule has 1 saturated heterocycles. The molecule has 0 bridgehead atoms. The van der Waals surface area contributed by atoms with Crippen LogP contribution in [0.15, 0.2) is 59.7 Å². The van der Waals surface area contributed by atoms with Gasteiger partial charge in [-0.25, -0.2) is 0 Å². The predicted molar refractivity (Wildman–Crippen MR) is 120 cm³/mol. The Kier molecular flexibility index (Phi) is 5.97. The zero-order valence-electron chi connectivity index (χ0n) is 17.0. The zero-order valence-corrected chi connectivity index (χ0v) is 17.0. The van der Waals surface area contributed by atoms with Gasteiger partial charge in [-0.05, 0) is 43.2 Å². The van der Waals surface area contributed by atoms with Gasteiger partial charge in [0.15, 0.2) is 0 Å². The molecule has 4 rings (SSSR count). The molecule has 7 nitrogen and oxygen atoms in total. The molecule has 3 N–H and O–H groups in total. The minimum atomic E-state index is -0.670. The third-order valence-electron chi connectivity index (χ3n) is 5.60. The van der Waals surface area contributed by atoms with Crippen LogP contribution in [0.3, 0.4) is 0 Å². The van der Waals surface area contributed by atoms with Gasteiger partial charge in [-0.1, -0.05) is 37.1 Å². The smallest absolute Gasteiger partial charge is 0.271 e. The van der Waals surface area contributed by atoms with E-state index in [9.17, 15) is 9.59 Å². The average molecular weight is 406 g/mol. The van der Waals surface area contributed by atoms with Crippen LogP contribution in [0, 0.1) is 0 Å². The second-order valence-corrected chi connectivity index (χ2v) is 7.75. The molecule has 30 heavy (non-hydrogen) atoms. The van der Waals surface area contributed by atoms with Crippen molar-refractivity contribution in [1.29, 1.82) is 0 Å². The van der Waals surface area contributed by atoms with Gasteiger partial charge in [-0.3, -0.25) is 14.6 Å². The SMILES string of the molecule is NC(=O)[C@@H]1CC(C(=O)Nc2cccc(N3CCCCCC3)c2)=NN1c1ccccc1. The van der Waals surface area contributed by atoms with Gasteiger partial charge >= 0.3 is 0 Å². The Bertz CT molecular complexity index is 936. The highest BCUT2D eigenvalue weighted by molar-refractivity contribution is 6.44. The number of nitrogens with one attached hydrogen (secondary N) is 1. The van der Waals surface area contributed by atoms with E-state index < -0.39 is 11.9 Å². The van der Waals surface area contributed by atoms with Crippen LogP contribution in [-0.2, 0) is 9.59 Å². The van der Waals surface area contributed by atoms with Crippen molar-refractivity contribution >= 4 is 34.6 Å². The molecule has 1 fully saturated rings. The number of benzene rings is 2. The molecule has 1 atom stereocenters. The fourth-order valence-corrected chi connectivity index (χ4v) is 4.00. The molecule has 0 aromatic heterocycles. The normalized spacial score (nSPS) is 19.2. The number of hydrogen-bond donors (Lipinski definition) is 2. The third-order valence-corrected chi connectivity index (χ3v) is 5.60. The summed E-state index contributed by atoms with van der Waals surface area (Å²) in [6.45, 7) is 2.08. The molecule has 0 saturated carbocycles. The van der Waals surface area contributed by atoms with E-state index in [4.69, 9.17) is 5.73 Å². The number of carbonyl (C=O) groups excluding carboxylic acids is 2. The fourth-order valence-electron chi connectivity index (χ4n) is 4.00. The molecular formula is C23H27N5O2. The lowest BCUT2D eigenvalue weighted by atomic mass is 10.1. The van der Waals surface area contributed by atoms with Crippen molar-refractivity contribution in [3.05, 3.63) is 54.6 Å². The Balaban J connectivity index is 1.49. The van der Waals surface area contributed by atoms with Crippen molar-refractivity contribution in [1.82, 2.24) is 0 Å². The molecule has 2 heterocycles. The highest BCUT2D eigenvalue weighted by Crippen LogP contribution is 2.26. The first kappa shape index (κ1) is 19.9. The van der Waals surface area contributed by atoms with Crippen molar-refractivity contribution in [2.45, 2.75) is 38.1 Å². The maximum absolute atomic E-state index is 12.9. The second-order valence-electron chi connectivity index (χ2n) is 7.75. The molecule has 0 spiro atoms. The third kappa shape index (κ3) is 4.45. The monoisotopic (exact) mass is 405 g/mol. The lowest BCUT2D eigenvalue weighted by molar-refractivity contribution is -0.119. The number of hydrogen-bond acceptors (Lipinski definition) is 5. The maximum Gasteiger partial charge on any atom is 0.271 e. The van der Waals surface area contributed by atoms with Crippen LogP contribution in [0.2, 0.25) is 0 Å². The molecule has 2 aliphatic heterocycles. The van der Waals surface area contributed by atoms with E-state index in [0.29, 0.717) is 5.71 Å². The second kappa shape index (κ2) is 8.98. The topological polar surface area (TPSA) is 91.0 Å². The molecular weight excluding hydrogens is 378 g/mol. The number of hydrazone groups is 1. The molecule has 2 amide bonds. The fraction of sp³-hybridized carbons (Fsp3) is 0.348. The lowest BCUT2D eigenvalue weighted by Crippen LogP contribution is -2.39. The summed E-state index contributed by atoms with van der Waals surface area (Å²) >= 11 is 0. The van der Waals surface area contributed by atoms with Crippen molar-refractivity contribution < 1.29 is 9.59 Å². The van der Waals surface area contributed by atoms with Gasteiger partial charge in [0.2, 0.25) is 5.91 Å². The van der Waals surface area contributed by atoms with Gasteiger partial charge in [0.25, 0.3) is 5.91 Å². The number of nitrogens with two attached hydrogens (primary N) is 1. The standard InChI is InChI=1S/C23H27N5O2/c24-22(29)21-16-20(26-28(21)18-10-4-3-5-11-18)23(30)25-17-9-8-12-19(15-17)27-13-6-1-2-7-14-27/h3-5,8-12,15,21H,1-2,6-7,13-14,16H2,(H2,24,29)(H,25,30)/t21-/m0/s1. The summed E-state index contributed by atoms with van der Waals surface area (Å²) in [5.41, 5.74) is 8.42. The first-order valence-electron chi connectivity index (χ1n) is 10.5. The van der Waals surface area contributed by atoms with Crippen molar-refractivity contribution in [3.8, 4) is 0 Å². The van der Waals surface area contributed by atoms with E-state index in [1.165, 1.54) is 30.7 Å². The Morgan fingerprint density at radius 2 is 1.63 bits per heavy atom. The molecule has 2 aromatic carbocycles. The number of para-hydroxylation sites is 1. The molecule has 0 aliphatic carbocycles. The lowest BCUT2D eigenvalue weighted by Gasteiger charge is -2.23. The Morgan fingerprint density at radius 1 is 0.933 bits per heavy atom. The van der Waals surface area contributed by atoms with Crippen LogP contribution in [0.1, 0.15) is 32.1 Å². The van der Waals surface area contributed by atoms with Gasteiger partial charge in [0.05, 0.1) is 5.69 Å². The van der Waals surface area contributed by atoms with Gasteiger partial charge in [-0.2, -0.15) is 5.10 Å². The number of primary amides is 1. The van der Waals surface area contributed by atoms with Crippen LogP contribution in [0.25, 0.3) is 0 Å². The highest BCUT2D eigenvalue weighted by Gasteiger charge is 2.35. The minimum Gasteiger partial charge on any atom is -0.371 e. The van der Waals surface area contributed by atoms with E-state index in [0.717, 1.165) is 30.2 Å². The zero-order chi connectivity index (χ0) is 20.9. The average Bonchev–Trinajstić information content (AvgIpc) is 3.04. The quantitative estimate of drug-likeness (QED) is 0.800. The van der Waals surface area contributed by atoms with E-state index in [-0.39, 0.29) is 12.3 Å². The molecule has 7 heteroatoms. The van der Waals surface area contributed by atoms with Crippen molar-refractivity contribution in [2.75, 3.05) is 28.3 Å². The molecule has 2 aliphatic rings. The van der Waals surface area contributed by atoms with Crippen LogP contribution < -0.4 is 21.0 Å². The number of nitrogens with zero attached hydrogens (tertiary/aromatic N) is 3. The Morgan fingerprint density at radius 3 is 2.33 bits per heavy atom. The maximum atomic E-state index is 12.9. The van der Waals surface area contributed by atoms with E-state index in [1.807, 2.05) is 48.5 Å². The van der Waals surface area contributed by atoms with E-state index in [1.54, 1.807) is 0 Å². The highest BCUT2D eigenvalue weighted by atomic mass is 16.2. The number of anilines is 3. The summed E-state index contributed by atoms with van der Waals surface area (Å²) in [5, 5.41) is 8.88. The number of amides is 2. The Hall–Kier alpha value is -3.35. The number of rotatable bonds is 5. The van der Waals surface area contributed by atoms with Crippen molar-refractivity contribution in [2.24, 2.45) is 10.8 Å². The van der Waals surface area contributed by atoms with Gasteiger partial charge in [0, 0.05) is 30.9 Å². The largest absolute Gasteiger partial charge is 0.371 e. The van der Waals surface area contributed by atoms with Crippen LogP contribution in [0.5, 0.6) is 0 Å². The minimum absolute atomic E-state index is 0.182. The summed E-state index contributed by atoms with van der Waals surface area (Å²) in [5.74, 6) is -0.818. The summed E-state index contributed by atoms with van der Waals surface area (Å²) in [6, 6.07) is 16.5. The van der Waals surface area contributed by atoms with E-state index in [2.05, 4.69) is 21.4 Å². The predicted octanol–water partition coefficient (Wildman–Crippen LogP) is 3.13.